The number of aromatic nitrogens is 1. The van der Waals surface area contributed by atoms with Crippen LogP contribution in [-0.4, -0.2) is 16.8 Å². The van der Waals surface area contributed by atoms with Gasteiger partial charge >= 0.3 is 0 Å². The van der Waals surface area contributed by atoms with Crippen LogP contribution in [-0.2, 0) is 24.1 Å². The van der Waals surface area contributed by atoms with Crippen LogP contribution in [0.1, 0.15) is 45.2 Å². The summed E-state index contributed by atoms with van der Waals surface area (Å²) in [5, 5.41) is 5.82. The van der Waals surface area contributed by atoms with E-state index in [1.165, 1.54) is 23.5 Å². The zero-order valence-electron chi connectivity index (χ0n) is 16.0. The van der Waals surface area contributed by atoms with Gasteiger partial charge in [0, 0.05) is 10.9 Å². The Morgan fingerprint density at radius 1 is 1.17 bits per heavy atom. The summed E-state index contributed by atoms with van der Waals surface area (Å²) < 4.78 is 13.4. The summed E-state index contributed by atoms with van der Waals surface area (Å²) >= 11 is 1.50. The number of rotatable bonds is 8. The minimum atomic E-state index is -0.482. The maximum atomic E-state index is 13.4. The van der Waals surface area contributed by atoms with Gasteiger partial charge in [-0.1, -0.05) is 31.2 Å². The highest BCUT2D eigenvalue weighted by Crippen LogP contribution is 2.23. The second-order valence-corrected chi connectivity index (χ2v) is 7.61. The van der Waals surface area contributed by atoms with Gasteiger partial charge in [0.25, 0.3) is 0 Å². The number of carbonyl (C=O) groups excluding carboxylic acids is 2. The lowest BCUT2D eigenvalue weighted by atomic mass is 10.0. The summed E-state index contributed by atoms with van der Waals surface area (Å²) in [6, 6.07) is 12.7. The Bertz CT molecular complexity index is 1000. The summed E-state index contributed by atoms with van der Waals surface area (Å²) in [6.07, 6.45) is 1.42. The Labute approximate surface area is 172 Å². The van der Waals surface area contributed by atoms with Crippen molar-refractivity contribution in [2.45, 2.75) is 32.2 Å². The second-order valence-electron chi connectivity index (χ2n) is 6.72. The summed E-state index contributed by atoms with van der Waals surface area (Å²) in [7, 11) is 0. The summed E-state index contributed by atoms with van der Waals surface area (Å²) in [5.74, 6) is -1.06. The molecule has 5 nitrogen and oxygen atoms in total. The average molecular weight is 412 g/mol. The van der Waals surface area contributed by atoms with Crippen molar-refractivity contribution < 1.29 is 14.0 Å². The first-order valence-corrected chi connectivity index (χ1v) is 10.2. The van der Waals surface area contributed by atoms with Gasteiger partial charge in [0.2, 0.25) is 11.8 Å². The third-order valence-electron chi connectivity index (χ3n) is 4.50. The highest BCUT2D eigenvalue weighted by molar-refractivity contribution is 7.09. The van der Waals surface area contributed by atoms with Crippen molar-refractivity contribution in [3.05, 3.63) is 87.1 Å². The van der Waals surface area contributed by atoms with E-state index in [4.69, 9.17) is 5.73 Å². The highest BCUT2D eigenvalue weighted by Gasteiger charge is 2.19. The first-order valence-electron chi connectivity index (χ1n) is 9.31. The Kier molecular flexibility index (Phi) is 6.72. The number of hydrogen-bond acceptors (Lipinski definition) is 4. The van der Waals surface area contributed by atoms with Crippen LogP contribution >= 0.6 is 11.3 Å². The molecule has 0 saturated heterocycles. The van der Waals surface area contributed by atoms with Crippen molar-refractivity contribution in [1.29, 1.82) is 0 Å². The van der Waals surface area contributed by atoms with Crippen molar-refractivity contribution >= 4 is 23.2 Å². The van der Waals surface area contributed by atoms with E-state index in [-0.39, 0.29) is 24.2 Å². The largest absolute Gasteiger partial charge is 0.366 e. The average Bonchev–Trinajstić information content (AvgIpc) is 3.17. The van der Waals surface area contributed by atoms with E-state index in [0.29, 0.717) is 17.5 Å². The monoisotopic (exact) mass is 411 g/mol. The number of nitrogens with two attached hydrogens (primary N) is 1. The minimum Gasteiger partial charge on any atom is -0.366 e. The number of carbonyl (C=O) groups is 2. The van der Waals surface area contributed by atoms with Crippen LogP contribution in [0.5, 0.6) is 0 Å². The van der Waals surface area contributed by atoms with E-state index in [1.54, 1.807) is 24.3 Å². The molecule has 2 amide bonds. The molecule has 0 bridgehead atoms. The number of hydrogen-bond donors (Lipinski definition) is 2. The fraction of sp³-hybridized carbons (Fsp3) is 0.227. The molecular formula is C22H22FN3O2S. The molecule has 0 aliphatic carbocycles. The van der Waals surface area contributed by atoms with Gasteiger partial charge in [0.05, 0.1) is 18.2 Å². The number of primary amides is 1. The number of aryl methyl sites for hydroxylation is 1. The topological polar surface area (TPSA) is 85.1 Å². The van der Waals surface area contributed by atoms with Crippen molar-refractivity contribution in [2.24, 2.45) is 5.73 Å². The first kappa shape index (κ1) is 20.7. The molecule has 0 fully saturated rings. The molecule has 7 heteroatoms. The normalized spacial score (nSPS) is 11.8. The smallest absolute Gasteiger partial charge is 0.248 e. The maximum Gasteiger partial charge on any atom is 0.248 e. The molecule has 0 saturated carbocycles. The van der Waals surface area contributed by atoms with Gasteiger partial charge in [-0.2, -0.15) is 0 Å². The van der Waals surface area contributed by atoms with E-state index < -0.39 is 5.91 Å². The van der Waals surface area contributed by atoms with Gasteiger partial charge in [0.15, 0.2) is 0 Å². The predicted octanol–water partition coefficient (Wildman–Crippen LogP) is 3.59. The third kappa shape index (κ3) is 5.71. The lowest BCUT2D eigenvalue weighted by Crippen LogP contribution is -2.31. The van der Waals surface area contributed by atoms with Crippen LogP contribution in [0.4, 0.5) is 4.39 Å². The van der Waals surface area contributed by atoms with Gasteiger partial charge in [-0.25, -0.2) is 9.37 Å². The van der Waals surface area contributed by atoms with Gasteiger partial charge in [-0.15, -0.1) is 11.3 Å². The molecule has 3 N–H and O–H groups in total. The molecule has 3 rings (SSSR count). The van der Waals surface area contributed by atoms with Crippen LogP contribution in [0.2, 0.25) is 0 Å². The van der Waals surface area contributed by atoms with Gasteiger partial charge in [0.1, 0.15) is 10.8 Å². The fourth-order valence-corrected chi connectivity index (χ4v) is 3.92. The Balaban J connectivity index is 1.77. The second kappa shape index (κ2) is 9.43. The fourth-order valence-electron chi connectivity index (χ4n) is 2.96. The van der Waals surface area contributed by atoms with Gasteiger partial charge in [-0.3, -0.25) is 9.59 Å². The Morgan fingerprint density at radius 3 is 2.55 bits per heavy atom. The number of thiazole rings is 1. The van der Waals surface area contributed by atoms with Gasteiger partial charge in [-0.05, 0) is 48.2 Å². The van der Waals surface area contributed by atoms with Crippen molar-refractivity contribution in [1.82, 2.24) is 10.3 Å². The molecule has 0 radical (unpaired) electrons. The SMILES string of the molecule is CCc1csc(C(Cc2ccc(C(N)=O)cc2)NC(=O)Cc2cccc(F)c2)n1. The van der Waals surface area contributed by atoms with Crippen LogP contribution < -0.4 is 11.1 Å². The Hall–Kier alpha value is -3.06. The number of amides is 2. The molecule has 1 unspecified atom stereocenters. The number of nitrogens with zero attached hydrogens (tertiary/aromatic N) is 1. The van der Waals surface area contributed by atoms with Crippen LogP contribution in [0, 0.1) is 5.82 Å². The highest BCUT2D eigenvalue weighted by atomic mass is 32.1. The lowest BCUT2D eigenvalue weighted by Gasteiger charge is -2.17. The third-order valence-corrected chi connectivity index (χ3v) is 5.50. The van der Waals surface area contributed by atoms with Crippen LogP contribution in [0.15, 0.2) is 53.9 Å². The number of benzene rings is 2. The van der Waals surface area contributed by atoms with Crippen LogP contribution in [0.25, 0.3) is 0 Å². The molecule has 29 heavy (non-hydrogen) atoms. The first-order chi connectivity index (χ1) is 13.9. The number of halogens is 1. The Morgan fingerprint density at radius 2 is 1.93 bits per heavy atom. The van der Waals surface area contributed by atoms with Crippen molar-refractivity contribution in [3.8, 4) is 0 Å². The molecule has 1 aromatic heterocycles. The van der Waals surface area contributed by atoms with Crippen LogP contribution in [0.3, 0.4) is 0 Å². The summed E-state index contributed by atoms with van der Waals surface area (Å²) in [5.41, 5.74) is 8.25. The van der Waals surface area contributed by atoms with Crippen molar-refractivity contribution in [2.75, 3.05) is 0 Å². The zero-order chi connectivity index (χ0) is 20.8. The zero-order valence-corrected chi connectivity index (χ0v) is 16.8. The summed E-state index contributed by atoms with van der Waals surface area (Å²) in [4.78, 5) is 28.5. The standard InChI is InChI=1S/C22H22FN3O2S/c1-2-18-13-29-22(25-18)19(11-14-6-8-16(9-7-14)21(24)28)26-20(27)12-15-4-3-5-17(23)10-15/h3-10,13,19H,2,11-12H2,1H3,(H2,24,28)(H,26,27). The molecule has 1 atom stereocenters. The molecular weight excluding hydrogens is 389 g/mol. The summed E-state index contributed by atoms with van der Waals surface area (Å²) in [6.45, 7) is 2.03. The quantitative estimate of drug-likeness (QED) is 0.594. The molecule has 1 heterocycles. The predicted molar refractivity (Wildman–Crippen MR) is 111 cm³/mol. The van der Waals surface area contributed by atoms with E-state index in [2.05, 4.69) is 10.3 Å². The van der Waals surface area contributed by atoms with E-state index >= 15 is 0 Å². The molecule has 3 aromatic rings. The van der Waals surface area contributed by atoms with E-state index in [0.717, 1.165) is 22.7 Å². The maximum absolute atomic E-state index is 13.4. The molecule has 0 aliphatic rings. The lowest BCUT2D eigenvalue weighted by molar-refractivity contribution is -0.121. The molecule has 2 aromatic carbocycles. The molecule has 0 spiro atoms. The molecule has 0 aliphatic heterocycles. The minimum absolute atomic E-state index is 0.0842. The molecule has 150 valence electrons. The van der Waals surface area contributed by atoms with Crippen molar-refractivity contribution in [3.63, 3.8) is 0 Å². The van der Waals surface area contributed by atoms with E-state index in [1.807, 2.05) is 24.4 Å². The van der Waals surface area contributed by atoms with E-state index in [9.17, 15) is 14.0 Å². The number of nitrogens with one attached hydrogen (secondary N) is 1. The van der Waals surface area contributed by atoms with Gasteiger partial charge < -0.3 is 11.1 Å².